The summed E-state index contributed by atoms with van der Waals surface area (Å²) in [6.07, 6.45) is 13.6. The molecule has 0 aromatic rings. The summed E-state index contributed by atoms with van der Waals surface area (Å²) in [5.41, 5.74) is 0. The normalized spacial score (nSPS) is 12.4. The van der Waals surface area contributed by atoms with Crippen LogP contribution in [-0.4, -0.2) is 33.1 Å². The minimum absolute atomic E-state index is 0.148. The highest BCUT2D eigenvalue weighted by Gasteiger charge is 2.19. The summed E-state index contributed by atoms with van der Waals surface area (Å²) < 4.78 is 10.8. The van der Waals surface area contributed by atoms with Gasteiger partial charge in [-0.25, -0.2) is 9.79 Å². The second-order valence-electron chi connectivity index (χ2n) is 5.63. The first-order valence-corrected chi connectivity index (χ1v) is 8.39. The van der Waals surface area contributed by atoms with Crippen molar-refractivity contribution in [3.05, 3.63) is 0 Å². The maximum Gasteiger partial charge on any atom is 0.234 e. The number of aliphatic imine (C=N–C) groups is 1. The van der Waals surface area contributed by atoms with Crippen molar-refractivity contribution >= 4 is 6.08 Å². The smallest absolute Gasteiger partial charge is 0.234 e. The maximum atomic E-state index is 10.1. The fraction of sp³-hybridized carbons (Fsp3) is 0.941. The molecular formula is C17H33NO3. The predicted octanol–water partition coefficient (Wildman–Crippen LogP) is 4.48. The van der Waals surface area contributed by atoms with Gasteiger partial charge in [0.15, 0.2) is 6.29 Å². The molecule has 0 spiro atoms. The molecule has 0 bridgehead atoms. The van der Waals surface area contributed by atoms with Gasteiger partial charge in [-0.05, 0) is 19.3 Å². The second-order valence-corrected chi connectivity index (χ2v) is 5.63. The number of isocyanates is 1. The molecule has 0 saturated heterocycles. The molecule has 0 fully saturated rings. The molecule has 1 unspecified atom stereocenters. The number of methoxy groups -OCH3 is 2. The van der Waals surface area contributed by atoms with E-state index in [1.165, 1.54) is 44.9 Å². The van der Waals surface area contributed by atoms with Gasteiger partial charge < -0.3 is 9.47 Å². The van der Waals surface area contributed by atoms with Crippen molar-refractivity contribution in [1.82, 2.24) is 0 Å². The first kappa shape index (κ1) is 20.3. The first-order chi connectivity index (χ1) is 10.3. The van der Waals surface area contributed by atoms with Gasteiger partial charge in [0.2, 0.25) is 6.08 Å². The number of unbranched alkanes of at least 4 members (excludes halogenated alkanes) is 6. The highest BCUT2D eigenvalue weighted by Crippen LogP contribution is 2.22. The molecule has 0 aliphatic rings. The van der Waals surface area contributed by atoms with Crippen molar-refractivity contribution in [2.75, 3.05) is 20.8 Å². The molecule has 21 heavy (non-hydrogen) atoms. The van der Waals surface area contributed by atoms with Gasteiger partial charge in [0, 0.05) is 20.1 Å². The van der Waals surface area contributed by atoms with E-state index in [9.17, 15) is 4.79 Å². The SMILES string of the molecule is CCCCCCCCCC(CCCN=C=O)C(OC)OC. The maximum absolute atomic E-state index is 10.1. The summed E-state index contributed by atoms with van der Waals surface area (Å²) in [6.45, 7) is 2.80. The van der Waals surface area contributed by atoms with Crippen LogP contribution < -0.4 is 0 Å². The lowest BCUT2D eigenvalue weighted by molar-refractivity contribution is -0.140. The predicted molar refractivity (Wildman–Crippen MR) is 86.1 cm³/mol. The molecule has 0 aromatic carbocycles. The van der Waals surface area contributed by atoms with Crippen LogP contribution in [0.2, 0.25) is 0 Å². The third-order valence-electron chi connectivity index (χ3n) is 3.94. The highest BCUT2D eigenvalue weighted by molar-refractivity contribution is 5.32. The molecule has 0 saturated carbocycles. The summed E-state index contributed by atoms with van der Waals surface area (Å²) in [5, 5.41) is 0. The Morgan fingerprint density at radius 3 is 2.05 bits per heavy atom. The molecule has 0 rings (SSSR count). The average molecular weight is 299 g/mol. The minimum Gasteiger partial charge on any atom is -0.356 e. The van der Waals surface area contributed by atoms with Crippen molar-refractivity contribution in [2.45, 2.75) is 77.4 Å². The largest absolute Gasteiger partial charge is 0.356 e. The van der Waals surface area contributed by atoms with E-state index in [0.717, 1.165) is 19.3 Å². The highest BCUT2D eigenvalue weighted by atomic mass is 16.7. The molecule has 0 radical (unpaired) electrons. The van der Waals surface area contributed by atoms with E-state index in [4.69, 9.17) is 9.47 Å². The molecule has 0 heterocycles. The van der Waals surface area contributed by atoms with Crippen molar-refractivity contribution in [2.24, 2.45) is 10.9 Å². The van der Waals surface area contributed by atoms with Gasteiger partial charge >= 0.3 is 0 Å². The van der Waals surface area contributed by atoms with Crippen LogP contribution in [0.5, 0.6) is 0 Å². The number of hydrogen-bond donors (Lipinski definition) is 0. The van der Waals surface area contributed by atoms with Gasteiger partial charge in [0.1, 0.15) is 0 Å². The zero-order valence-corrected chi connectivity index (χ0v) is 14.1. The molecule has 0 aliphatic heterocycles. The van der Waals surface area contributed by atoms with E-state index in [1.54, 1.807) is 20.3 Å². The number of hydrogen-bond acceptors (Lipinski definition) is 4. The van der Waals surface area contributed by atoms with E-state index in [2.05, 4.69) is 11.9 Å². The van der Waals surface area contributed by atoms with Gasteiger partial charge in [0.05, 0.1) is 6.54 Å². The minimum atomic E-state index is -0.148. The van der Waals surface area contributed by atoms with Crippen LogP contribution in [0.3, 0.4) is 0 Å². The van der Waals surface area contributed by atoms with Crippen LogP contribution in [-0.2, 0) is 14.3 Å². The molecule has 0 amide bonds. The van der Waals surface area contributed by atoms with Crippen molar-refractivity contribution in [1.29, 1.82) is 0 Å². The van der Waals surface area contributed by atoms with Crippen LogP contribution >= 0.6 is 0 Å². The molecule has 0 N–H and O–H groups in total. The number of nitrogens with zero attached hydrogens (tertiary/aromatic N) is 1. The van der Waals surface area contributed by atoms with E-state index in [1.807, 2.05) is 0 Å². The summed E-state index contributed by atoms with van der Waals surface area (Å²) in [4.78, 5) is 13.7. The third kappa shape index (κ3) is 11.6. The average Bonchev–Trinajstić information content (AvgIpc) is 2.51. The van der Waals surface area contributed by atoms with E-state index < -0.39 is 0 Å². The van der Waals surface area contributed by atoms with Crippen LogP contribution in [0.4, 0.5) is 0 Å². The number of rotatable bonds is 15. The van der Waals surface area contributed by atoms with Crippen molar-refractivity contribution < 1.29 is 14.3 Å². The Morgan fingerprint density at radius 2 is 1.48 bits per heavy atom. The topological polar surface area (TPSA) is 47.9 Å². The van der Waals surface area contributed by atoms with E-state index in [0.29, 0.717) is 12.5 Å². The quantitative estimate of drug-likeness (QED) is 0.194. The molecule has 1 atom stereocenters. The van der Waals surface area contributed by atoms with Crippen LogP contribution in [0.15, 0.2) is 4.99 Å². The standard InChI is InChI=1S/C17H33NO3/c1-4-5-6-7-8-9-10-12-16(17(20-2)21-3)13-11-14-18-15-19/h16-17H,4-14H2,1-3H3. The summed E-state index contributed by atoms with van der Waals surface area (Å²) in [7, 11) is 3.38. The van der Waals surface area contributed by atoms with Crippen molar-refractivity contribution in [3.63, 3.8) is 0 Å². The molecule has 124 valence electrons. The fourth-order valence-electron chi connectivity index (χ4n) is 2.74. The number of ether oxygens (including phenoxy) is 2. The number of carbonyl (C=O) groups excluding carboxylic acids is 1. The Morgan fingerprint density at radius 1 is 0.905 bits per heavy atom. The van der Waals surface area contributed by atoms with Crippen LogP contribution in [0.25, 0.3) is 0 Å². The summed E-state index contributed by atoms with van der Waals surface area (Å²) in [6, 6.07) is 0. The lowest BCUT2D eigenvalue weighted by Gasteiger charge is -2.24. The Balaban J connectivity index is 3.89. The second kappa shape index (κ2) is 15.7. The zero-order chi connectivity index (χ0) is 15.8. The van der Waals surface area contributed by atoms with Gasteiger partial charge in [0.25, 0.3) is 0 Å². The van der Waals surface area contributed by atoms with Crippen LogP contribution in [0.1, 0.15) is 71.1 Å². The zero-order valence-electron chi connectivity index (χ0n) is 14.1. The van der Waals surface area contributed by atoms with E-state index >= 15 is 0 Å². The van der Waals surface area contributed by atoms with Gasteiger partial charge in [-0.2, -0.15) is 0 Å². The third-order valence-corrected chi connectivity index (χ3v) is 3.94. The van der Waals surface area contributed by atoms with Crippen LogP contribution in [0, 0.1) is 5.92 Å². The van der Waals surface area contributed by atoms with Gasteiger partial charge in [-0.3, -0.25) is 0 Å². The Bertz CT molecular complexity index is 261. The van der Waals surface area contributed by atoms with Crippen molar-refractivity contribution in [3.8, 4) is 0 Å². The fourth-order valence-corrected chi connectivity index (χ4v) is 2.74. The molecule has 0 aromatic heterocycles. The Kier molecular flexibility index (Phi) is 15.2. The molecule has 4 nitrogen and oxygen atoms in total. The monoisotopic (exact) mass is 299 g/mol. The summed E-state index contributed by atoms with van der Waals surface area (Å²) >= 11 is 0. The lowest BCUT2D eigenvalue weighted by atomic mass is 9.95. The van der Waals surface area contributed by atoms with E-state index in [-0.39, 0.29) is 6.29 Å². The molecular weight excluding hydrogens is 266 g/mol. The first-order valence-electron chi connectivity index (χ1n) is 8.39. The molecule has 4 heteroatoms. The lowest BCUT2D eigenvalue weighted by Crippen LogP contribution is -2.25. The van der Waals surface area contributed by atoms with Gasteiger partial charge in [-0.1, -0.05) is 51.9 Å². The van der Waals surface area contributed by atoms with Gasteiger partial charge in [-0.15, -0.1) is 0 Å². The Hall–Kier alpha value is -0.700. The summed E-state index contributed by atoms with van der Waals surface area (Å²) in [5.74, 6) is 0.387. The molecule has 0 aliphatic carbocycles. The Labute approximate surface area is 130 Å².